The molecular weight excluding hydrogens is 278 g/mol. The van der Waals surface area contributed by atoms with Gasteiger partial charge in [-0.1, -0.05) is 37.3 Å². The number of H-pyrrole nitrogens is 1. The van der Waals surface area contributed by atoms with Gasteiger partial charge in [-0.05, 0) is 18.4 Å². The van der Waals surface area contributed by atoms with Gasteiger partial charge in [0.05, 0.1) is 6.20 Å². The number of nitrogens with one attached hydrogen (secondary N) is 1. The zero-order valence-electron chi connectivity index (χ0n) is 12.6. The fourth-order valence-corrected chi connectivity index (χ4v) is 3.11. The average Bonchev–Trinajstić information content (AvgIpc) is 2.56. The summed E-state index contributed by atoms with van der Waals surface area (Å²) >= 11 is 0. The molecule has 5 nitrogen and oxygen atoms in total. The van der Waals surface area contributed by atoms with Gasteiger partial charge in [0.15, 0.2) is 0 Å². The van der Waals surface area contributed by atoms with Crippen LogP contribution in [-0.2, 0) is 5.41 Å². The maximum Gasteiger partial charge on any atom is 0.273 e. The van der Waals surface area contributed by atoms with Gasteiger partial charge < -0.3 is 9.88 Å². The van der Waals surface area contributed by atoms with E-state index in [0.717, 1.165) is 25.6 Å². The normalized spacial score (nSPS) is 21.6. The van der Waals surface area contributed by atoms with E-state index < -0.39 is 0 Å². The number of hydrogen-bond acceptors (Lipinski definition) is 3. The van der Waals surface area contributed by atoms with Crippen molar-refractivity contribution in [1.82, 2.24) is 14.9 Å². The van der Waals surface area contributed by atoms with Crippen LogP contribution in [0.25, 0.3) is 0 Å². The minimum Gasteiger partial charge on any atom is -0.336 e. The summed E-state index contributed by atoms with van der Waals surface area (Å²) in [6.45, 7) is 3.58. The molecule has 1 aliphatic rings. The lowest BCUT2D eigenvalue weighted by molar-refractivity contribution is 0.0644. The second kappa shape index (κ2) is 5.75. The van der Waals surface area contributed by atoms with Crippen molar-refractivity contribution in [2.24, 2.45) is 0 Å². The van der Waals surface area contributed by atoms with Gasteiger partial charge in [-0.15, -0.1) is 0 Å². The Labute approximate surface area is 129 Å². The summed E-state index contributed by atoms with van der Waals surface area (Å²) < 4.78 is 0. The van der Waals surface area contributed by atoms with E-state index >= 15 is 0 Å². The molecule has 2 aromatic rings. The van der Waals surface area contributed by atoms with Crippen LogP contribution in [0.1, 0.15) is 35.8 Å². The topological polar surface area (TPSA) is 66.1 Å². The number of hydrogen-bond donors (Lipinski definition) is 1. The molecule has 0 radical (unpaired) electrons. The molecule has 22 heavy (non-hydrogen) atoms. The molecule has 5 heteroatoms. The predicted octanol–water partition coefficient (Wildman–Crippen LogP) is 1.96. The molecular formula is C17H19N3O2. The van der Waals surface area contributed by atoms with E-state index in [-0.39, 0.29) is 22.6 Å². The van der Waals surface area contributed by atoms with Gasteiger partial charge in [-0.3, -0.25) is 9.59 Å². The maximum absolute atomic E-state index is 12.6. The molecule has 1 atom stereocenters. The van der Waals surface area contributed by atoms with Crippen molar-refractivity contribution in [1.29, 1.82) is 0 Å². The quantitative estimate of drug-likeness (QED) is 0.921. The van der Waals surface area contributed by atoms with Gasteiger partial charge in [0.25, 0.3) is 11.5 Å². The molecule has 0 bridgehead atoms. The number of likely N-dealkylation sites (tertiary alicyclic amines) is 1. The fraction of sp³-hybridized carbons (Fsp3) is 0.353. The Balaban J connectivity index is 1.82. The first-order chi connectivity index (χ1) is 10.6. The van der Waals surface area contributed by atoms with E-state index in [9.17, 15) is 9.59 Å². The van der Waals surface area contributed by atoms with Crippen LogP contribution in [0.2, 0.25) is 0 Å². The SMILES string of the molecule is C[C@]1(c2ccccc2)CCCN(C(=O)c2c[nH]c(=O)cn2)C1. The van der Waals surface area contributed by atoms with Gasteiger partial charge in [-0.2, -0.15) is 0 Å². The Morgan fingerprint density at radius 1 is 1.32 bits per heavy atom. The molecule has 1 fully saturated rings. The van der Waals surface area contributed by atoms with Gasteiger partial charge in [-0.25, -0.2) is 4.98 Å². The highest BCUT2D eigenvalue weighted by molar-refractivity contribution is 5.92. The Kier molecular flexibility index (Phi) is 3.79. The van der Waals surface area contributed by atoms with Gasteiger partial charge in [0.1, 0.15) is 5.69 Å². The summed E-state index contributed by atoms with van der Waals surface area (Å²) in [6.07, 6.45) is 4.55. The lowest BCUT2D eigenvalue weighted by atomic mass is 9.76. The fourth-order valence-electron chi connectivity index (χ4n) is 3.11. The molecule has 1 saturated heterocycles. The van der Waals surface area contributed by atoms with Crippen LogP contribution in [0.3, 0.4) is 0 Å². The molecule has 1 aromatic heterocycles. The number of benzene rings is 1. The smallest absolute Gasteiger partial charge is 0.273 e. The summed E-state index contributed by atoms with van der Waals surface area (Å²) in [5, 5.41) is 0. The van der Waals surface area contributed by atoms with Crippen LogP contribution in [0, 0.1) is 0 Å². The highest BCUT2D eigenvalue weighted by Crippen LogP contribution is 2.33. The average molecular weight is 297 g/mol. The summed E-state index contributed by atoms with van der Waals surface area (Å²) in [4.78, 5) is 31.9. The van der Waals surface area contributed by atoms with E-state index in [2.05, 4.69) is 29.0 Å². The molecule has 0 saturated carbocycles. The van der Waals surface area contributed by atoms with Crippen molar-refractivity contribution in [3.8, 4) is 0 Å². The Morgan fingerprint density at radius 2 is 2.09 bits per heavy atom. The molecule has 0 unspecified atom stereocenters. The van der Waals surface area contributed by atoms with Gasteiger partial charge >= 0.3 is 0 Å². The number of amides is 1. The van der Waals surface area contributed by atoms with E-state index in [1.165, 1.54) is 11.8 Å². The van der Waals surface area contributed by atoms with Crippen molar-refractivity contribution in [2.75, 3.05) is 13.1 Å². The first-order valence-electron chi connectivity index (χ1n) is 7.48. The zero-order chi connectivity index (χ0) is 15.6. The molecule has 1 amide bonds. The van der Waals surface area contributed by atoms with Gasteiger partial charge in [0, 0.05) is 24.7 Å². The number of carbonyl (C=O) groups is 1. The van der Waals surface area contributed by atoms with Gasteiger partial charge in [0.2, 0.25) is 0 Å². The maximum atomic E-state index is 12.6. The molecule has 0 spiro atoms. The monoisotopic (exact) mass is 297 g/mol. The van der Waals surface area contributed by atoms with Crippen LogP contribution in [0.5, 0.6) is 0 Å². The first-order valence-corrected chi connectivity index (χ1v) is 7.48. The first kappa shape index (κ1) is 14.5. The summed E-state index contributed by atoms with van der Waals surface area (Å²) in [5.41, 5.74) is 1.19. The molecule has 114 valence electrons. The highest BCUT2D eigenvalue weighted by atomic mass is 16.2. The van der Waals surface area contributed by atoms with Crippen molar-refractivity contribution < 1.29 is 4.79 Å². The standard InChI is InChI=1S/C17H19N3O2/c1-17(13-6-3-2-4-7-13)8-5-9-20(12-17)16(22)14-10-19-15(21)11-18-14/h2-4,6-7,10-11H,5,8-9,12H2,1H3,(H,19,21)/t17-/m0/s1. The Bertz CT molecular complexity index is 706. The van der Waals surface area contributed by atoms with Crippen LogP contribution in [0.4, 0.5) is 0 Å². The number of nitrogens with zero attached hydrogens (tertiary/aromatic N) is 2. The van der Waals surface area contributed by atoms with Crippen molar-refractivity contribution in [3.63, 3.8) is 0 Å². The molecule has 1 aliphatic heterocycles. The lowest BCUT2D eigenvalue weighted by Crippen LogP contribution is -2.47. The second-order valence-corrected chi connectivity index (χ2v) is 6.05. The number of aromatic nitrogens is 2. The zero-order valence-corrected chi connectivity index (χ0v) is 12.6. The number of piperidine rings is 1. The van der Waals surface area contributed by atoms with E-state index in [4.69, 9.17) is 0 Å². The Morgan fingerprint density at radius 3 is 2.77 bits per heavy atom. The van der Waals surface area contributed by atoms with Crippen LogP contribution >= 0.6 is 0 Å². The second-order valence-electron chi connectivity index (χ2n) is 6.05. The third-order valence-corrected chi connectivity index (χ3v) is 4.35. The van der Waals surface area contributed by atoms with E-state index in [1.807, 2.05) is 23.1 Å². The lowest BCUT2D eigenvalue weighted by Gasteiger charge is -2.40. The molecule has 0 aliphatic carbocycles. The van der Waals surface area contributed by atoms with Crippen molar-refractivity contribution in [3.05, 3.63) is 64.3 Å². The molecule has 1 aromatic carbocycles. The molecule has 2 heterocycles. The minimum atomic E-state index is -0.302. The predicted molar refractivity (Wildman–Crippen MR) is 83.8 cm³/mol. The van der Waals surface area contributed by atoms with Crippen LogP contribution < -0.4 is 5.56 Å². The van der Waals surface area contributed by atoms with Crippen molar-refractivity contribution in [2.45, 2.75) is 25.2 Å². The number of carbonyl (C=O) groups excluding carboxylic acids is 1. The largest absolute Gasteiger partial charge is 0.336 e. The van der Waals surface area contributed by atoms with Crippen LogP contribution in [-0.4, -0.2) is 33.9 Å². The highest BCUT2D eigenvalue weighted by Gasteiger charge is 2.35. The summed E-state index contributed by atoms with van der Waals surface area (Å²) in [6, 6.07) is 10.3. The number of rotatable bonds is 2. The van der Waals surface area contributed by atoms with Crippen molar-refractivity contribution >= 4 is 5.91 Å². The molecule has 3 rings (SSSR count). The summed E-state index contributed by atoms with van der Waals surface area (Å²) in [7, 11) is 0. The Hall–Kier alpha value is -2.43. The third kappa shape index (κ3) is 2.79. The third-order valence-electron chi connectivity index (χ3n) is 4.35. The molecule has 1 N–H and O–H groups in total. The minimum absolute atomic E-state index is 0.0443. The van der Waals surface area contributed by atoms with E-state index in [1.54, 1.807) is 0 Å². The van der Waals surface area contributed by atoms with E-state index in [0.29, 0.717) is 6.54 Å². The van der Waals surface area contributed by atoms with Crippen LogP contribution in [0.15, 0.2) is 47.5 Å². The number of aromatic amines is 1. The summed E-state index contributed by atoms with van der Waals surface area (Å²) in [5.74, 6) is -0.127.